The molecule has 0 unspecified atom stereocenters. The van der Waals surface area contributed by atoms with E-state index in [0.717, 1.165) is 11.3 Å². The Morgan fingerprint density at radius 1 is 1.03 bits per heavy atom. The zero-order chi connectivity index (χ0) is 21.7. The van der Waals surface area contributed by atoms with E-state index in [9.17, 15) is 4.79 Å². The molecule has 1 amide bonds. The first-order valence-electron chi connectivity index (χ1n) is 8.90. The Balaban J connectivity index is 1.84. The molecule has 2 aromatic carbocycles. The molecule has 0 bridgehead atoms. The molecule has 0 saturated carbocycles. The van der Waals surface area contributed by atoms with Crippen LogP contribution in [0.3, 0.4) is 0 Å². The Morgan fingerprint density at radius 2 is 1.67 bits per heavy atom. The lowest BCUT2D eigenvalue weighted by molar-refractivity contribution is -0.116. The molecule has 0 saturated heterocycles. The molecule has 0 spiro atoms. The molecule has 1 heterocycles. The van der Waals surface area contributed by atoms with Crippen LogP contribution < -0.4 is 24.3 Å². The largest absolute Gasteiger partial charge is 0.497 e. The number of carbonyl (C=O) groups excluding carboxylic acids is 1. The van der Waals surface area contributed by atoms with Crippen molar-refractivity contribution in [3.63, 3.8) is 0 Å². The minimum absolute atomic E-state index is 0.0344. The first-order valence-corrected chi connectivity index (χ1v) is 9.31. The third-order valence-corrected chi connectivity index (χ3v) is 4.67. The van der Waals surface area contributed by atoms with Gasteiger partial charge in [-0.25, -0.2) is 0 Å². The molecule has 0 atom stereocenters. The van der Waals surface area contributed by atoms with Crippen molar-refractivity contribution < 1.29 is 23.7 Å². The second kappa shape index (κ2) is 9.31. The minimum atomic E-state index is -0.295. The van der Waals surface area contributed by atoms with Gasteiger partial charge in [-0.15, -0.1) is 0 Å². The highest BCUT2D eigenvalue weighted by molar-refractivity contribution is 7.71. The molecule has 3 aromatic rings. The van der Waals surface area contributed by atoms with Crippen molar-refractivity contribution in [3.05, 3.63) is 41.2 Å². The molecule has 0 radical (unpaired) electrons. The summed E-state index contributed by atoms with van der Waals surface area (Å²) < 4.78 is 23.1. The van der Waals surface area contributed by atoms with Crippen molar-refractivity contribution in [2.75, 3.05) is 33.8 Å². The van der Waals surface area contributed by atoms with Gasteiger partial charge in [-0.1, -0.05) is 0 Å². The lowest BCUT2D eigenvalue weighted by atomic mass is 10.2. The Labute approximate surface area is 178 Å². The topological polar surface area (TPSA) is 99.6 Å². The van der Waals surface area contributed by atoms with Gasteiger partial charge < -0.3 is 24.3 Å². The molecular formula is C20H22N4O5S. The summed E-state index contributed by atoms with van der Waals surface area (Å²) in [6, 6.07) is 10.6. The fourth-order valence-electron chi connectivity index (χ4n) is 2.92. The van der Waals surface area contributed by atoms with Gasteiger partial charge in [-0.05, 0) is 36.5 Å². The van der Waals surface area contributed by atoms with Crippen LogP contribution in [0, 0.1) is 4.77 Å². The van der Waals surface area contributed by atoms with Gasteiger partial charge in [0.25, 0.3) is 0 Å². The van der Waals surface area contributed by atoms with Gasteiger partial charge in [0.05, 0.1) is 28.4 Å². The number of carbonyl (C=O) groups is 1. The van der Waals surface area contributed by atoms with Gasteiger partial charge in [-0.3, -0.25) is 14.5 Å². The SMILES string of the molecule is COc1ccc(-c2n[nH]c(=S)n2CC(=O)Nc2cc(OC)c(OC)c(OC)c2)cc1. The molecule has 0 aliphatic heterocycles. The van der Waals surface area contributed by atoms with Crippen LogP contribution in [0.2, 0.25) is 0 Å². The molecule has 2 N–H and O–H groups in total. The Kier molecular flexibility index (Phi) is 6.58. The summed E-state index contributed by atoms with van der Waals surface area (Å²) in [7, 11) is 6.13. The maximum Gasteiger partial charge on any atom is 0.244 e. The second-order valence-electron chi connectivity index (χ2n) is 6.13. The molecule has 158 valence electrons. The van der Waals surface area contributed by atoms with Crippen LogP contribution in [0.25, 0.3) is 11.4 Å². The third kappa shape index (κ3) is 4.38. The zero-order valence-corrected chi connectivity index (χ0v) is 17.8. The van der Waals surface area contributed by atoms with E-state index >= 15 is 0 Å². The Bertz CT molecular complexity index is 1070. The van der Waals surface area contributed by atoms with E-state index in [1.807, 2.05) is 24.3 Å². The van der Waals surface area contributed by atoms with Crippen molar-refractivity contribution in [3.8, 4) is 34.4 Å². The number of anilines is 1. The van der Waals surface area contributed by atoms with Crippen LogP contribution in [-0.4, -0.2) is 49.1 Å². The van der Waals surface area contributed by atoms with Gasteiger partial charge in [-0.2, -0.15) is 5.10 Å². The average molecular weight is 430 g/mol. The number of rotatable bonds is 8. The summed E-state index contributed by atoms with van der Waals surface area (Å²) in [5.74, 6) is 2.28. The average Bonchev–Trinajstić information content (AvgIpc) is 3.12. The molecule has 30 heavy (non-hydrogen) atoms. The van der Waals surface area contributed by atoms with Crippen LogP contribution in [-0.2, 0) is 11.3 Å². The minimum Gasteiger partial charge on any atom is -0.497 e. The van der Waals surface area contributed by atoms with Crippen molar-refractivity contribution in [2.45, 2.75) is 6.54 Å². The number of ether oxygens (including phenoxy) is 4. The van der Waals surface area contributed by atoms with E-state index in [4.69, 9.17) is 31.2 Å². The lowest BCUT2D eigenvalue weighted by Gasteiger charge is -2.15. The monoisotopic (exact) mass is 430 g/mol. The summed E-state index contributed by atoms with van der Waals surface area (Å²) in [4.78, 5) is 12.7. The quantitative estimate of drug-likeness (QED) is 0.529. The number of hydrogen-bond acceptors (Lipinski definition) is 7. The number of nitrogens with zero attached hydrogens (tertiary/aromatic N) is 2. The zero-order valence-electron chi connectivity index (χ0n) is 17.0. The molecule has 10 heteroatoms. The van der Waals surface area contributed by atoms with Crippen molar-refractivity contribution >= 4 is 23.8 Å². The number of methoxy groups -OCH3 is 4. The predicted molar refractivity (Wildman–Crippen MR) is 114 cm³/mol. The highest BCUT2D eigenvalue weighted by atomic mass is 32.1. The Hall–Kier alpha value is -3.53. The summed E-state index contributed by atoms with van der Waals surface area (Å²) in [6.45, 7) is -0.0344. The van der Waals surface area contributed by atoms with Gasteiger partial charge in [0.1, 0.15) is 12.3 Å². The maximum absolute atomic E-state index is 12.7. The second-order valence-corrected chi connectivity index (χ2v) is 6.52. The number of H-pyrrole nitrogens is 1. The summed E-state index contributed by atoms with van der Waals surface area (Å²) in [6.07, 6.45) is 0. The summed E-state index contributed by atoms with van der Waals surface area (Å²) in [5.41, 5.74) is 1.29. The molecular weight excluding hydrogens is 408 g/mol. The number of hydrogen-bond donors (Lipinski definition) is 2. The molecule has 0 aliphatic rings. The van der Waals surface area contributed by atoms with Crippen LogP contribution in [0.15, 0.2) is 36.4 Å². The van der Waals surface area contributed by atoms with E-state index in [1.54, 1.807) is 23.8 Å². The van der Waals surface area contributed by atoms with E-state index in [2.05, 4.69) is 15.5 Å². The normalized spacial score (nSPS) is 10.4. The summed E-state index contributed by atoms with van der Waals surface area (Å²) in [5, 5.41) is 9.80. The van der Waals surface area contributed by atoms with Gasteiger partial charge in [0.15, 0.2) is 22.1 Å². The molecule has 1 aromatic heterocycles. The van der Waals surface area contributed by atoms with Gasteiger partial charge >= 0.3 is 0 Å². The first-order chi connectivity index (χ1) is 14.5. The van der Waals surface area contributed by atoms with E-state index in [-0.39, 0.29) is 12.5 Å². The third-order valence-electron chi connectivity index (χ3n) is 4.36. The van der Waals surface area contributed by atoms with Crippen molar-refractivity contribution in [1.29, 1.82) is 0 Å². The number of nitrogens with one attached hydrogen (secondary N) is 2. The predicted octanol–water partition coefficient (Wildman–Crippen LogP) is 3.28. The first kappa shape index (κ1) is 21.2. The smallest absolute Gasteiger partial charge is 0.244 e. The number of amides is 1. The number of aromatic amines is 1. The summed E-state index contributed by atoms with van der Waals surface area (Å²) >= 11 is 5.30. The van der Waals surface area contributed by atoms with Crippen LogP contribution in [0.1, 0.15) is 0 Å². The van der Waals surface area contributed by atoms with Crippen LogP contribution >= 0.6 is 12.2 Å². The standard InChI is InChI=1S/C20H22N4O5S/c1-26-14-7-5-12(6-8-14)19-22-23-20(30)24(19)11-17(25)21-13-9-15(27-2)18(29-4)16(10-13)28-3/h5-10H,11H2,1-4H3,(H,21,25)(H,23,30). The highest BCUT2D eigenvalue weighted by Crippen LogP contribution is 2.39. The molecule has 0 fully saturated rings. The maximum atomic E-state index is 12.7. The number of benzene rings is 2. The Morgan fingerprint density at radius 3 is 2.20 bits per heavy atom. The van der Waals surface area contributed by atoms with Crippen LogP contribution in [0.5, 0.6) is 23.0 Å². The lowest BCUT2D eigenvalue weighted by Crippen LogP contribution is -2.19. The van der Waals surface area contributed by atoms with E-state index in [1.165, 1.54) is 21.3 Å². The van der Waals surface area contributed by atoms with Gasteiger partial charge in [0.2, 0.25) is 11.7 Å². The van der Waals surface area contributed by atoms with E-state index in [0.29, 0.717) is 33.5 Å². The molecule has 9 nitrogen and oxygen atoms in total. The highest BCUT2D eigenvalue weighted by Gasteiger charge is 2.16. The molecule has 3 rings (SSSR count). The fourth-order valence-corrected chi connectivity index (χ4v) is 3.12. The van der Waals surface area contributed by atoms with Crippen LogP contribution in [0.4, 0.5) is 5.69 Å². The van der Waals surface area contributed by atoms with Gasteiger partial charge in [0, 0.05) is 23.4 Å². The fraction of sp³-hybridized carbons (Fsp3) is 0.250. The van der Waals surface area contributed by atoms with E-state index < -0.39 is 0 Å². The number of aromatic nitrogens is 3. The van der Waals surface area contributed by atoms with Crippen molar-refractivity contribution in [1.82, 2.24) is 14.8 Å². The molecule has 0 aliphatic carbocycles. The van der Waals surface area contributed by atoms with Crippen molar-refractivity contribution in [2.24, 2.45) is 0 Å².